The summed E-state index contributed by atoms with van der Waals surface area (Å²) in [5, 5.41) is 0.434. The Morgan fingerprint density at radius 1 is 0.780 bits per heavy atom. The van der Waals surface area contributed by atoms with E-state index in [4.69, 9.17) is 0 Å². The van der Waals surface area contributed by atoms with Crippen LogP contribution in [0.5, 0.6) is 0 Å². The van der Waals surface area contributed by atoms with Gasteiger partial charge in [-0.3, -0.25) is 9.59 Å². The average Bonchev–Trinajstić information content (AvgIpc) is 3.68. The summed E-state index contributed by atoms with van der Waals surface area (Å²) in [6.45, 7) is 0.0977. The Kier molecular flexibility index (Phi) is 14.9. The van der Waals surface area contributed by atoms with Crippen LogP contribution in [0.3, 0.4) is 0 Å². The van der Waals surface area contributed by atoms with Crippen molar-refractivity contribution in [2.75, 3.05) is 19.5 Å². The topological polar surface area (TPSA) is 133 Å². The average molecular weight is 755 g/mol. The lowest BCUT2D eigenvalue weighted by molar-refractivity contribution is -0.119. The monoisotopic (exact) mass is 752 g/mol. The molecule has 4 aromatic rings. The number of ether oxygens (including phenoxy) is 2. The Hall–Kier alpha value is -3.42. The highest BCUT2D eigenvalue weighted by molar-refractivity contribution is 9.10. The van der Waals surface area contributed by atoms with Gasteiger partial charge in [-0.2, -0.15) is 0 Å². The zero-order valence-electron chi connectivity index (χ0n) is 22.2. The van der Waals surface area contributed by atoms with Crippen LogP contribution in [0, 0.1) is 0 Å². The molecule has 0 radical (unpaired) electrons. The Bertz CT molecular complexity index is 1410. The molecule has 0 aliphatic heterocycles. The largest absolute Gasteiger partial charge is 0.464 e. The van der Waals surface area contributed by atoms with Crippen LogP contribution in [-0.2, 0) is 38.4 Å². The molecule has 4 rings (SSSR count). The van der Waals surface area contributed by atoms with Crippen molar-refractivity contribution in [2.45, 2.75) is 19.4 Å². The first kappa shape index (κ1) is 33.8. The fourth-order valence-electron chi connectivity index (χ4n) is 3.15. The lowest BCUT2D eigenvalue weighted by Crippen LogP contribution is -2.17. The molecule has 2 aromatic carbocycles. The summed E-state index contributed by atoms with van der Waals surface area (Å²) >= 11 is 9.81. The van der Waals surface area contributed by atoms with E-state index in [2.05, 4.69) is 72.2 Å². The minimum absolute atomic E-state index is 0.00419. The van der Waals surface area contributed by atoms with E-state index < -0.39 is 11.9 Å². The van der Waals surface area contributed by atoms with Crippen LogP contribution in [0.2, 0.25) is 0 Å². The number of carbonyl (C=O) groups excluding carboxylic acids is 4. The van der Waals surface area contributed by atoms with Gasteiger partial charge in [0.25, 0.3) is 0 Å². The standard InChI is InChI=1S/C14H13BrN2O3.C9H8Br2O.C5H6N2O2/c1-20-14(19)13-7-16-9-17(13)8-12(18)6-10-2-4-11(15)5-3-10;10-6-9(12)5-7-1-3-8(11)4-2-7;1-9-5(8)4-2-6-3-7-4/h2-5,7,9H,6,8H2,1H3;1-4H,5-6H2;2-3H,1H3,(H,6,7). The van der Waals surface area contributed by atoms with Crippen molar-refractivity contribution in [1.82, 2.24) is 19.5 Å². The van der Waals surface area contributed by atoms with Gasteiger partial charge in [0.2, 0.25) is 0 Å². The zero-order chi connectivity index (χ0) is 30.2. The number of hydrogen-bond acceptors (Lipinski definition) is 8. The van der Waals surface area contributed by atoms with E-state index in [1.807, 2.05) is 48.5 Å². The highest BCUT2D eigenvalue weighted by atomic mass is 79.9. The maximum atomic E-state index is 12.0. The molecule has 2 aromatic heterocycles. The SMILES string of the molecule is COC(=O)c1cnc[nH]1.COC(=O)c1cncn1CC(=O)Cc1ccc(Br)cc1.O=C(CBr)Cc1ccc(Br)cc1. The highest BCUT2D eigenvalue weighted by Gasteiger charge is 2.14. The van der Waals surface area contributed by atoms with E-state index in [0.29, 0.717) is 23.9 Å². The molecule has 0 aliphatic rings. The van der Waals surface area contributed by atoms with Crippen molar-refractivity contribution in [2.24, 2.45) is 0 Å². The number of benzene rings is 2. The third kappa shape index (κ3) is 12.3. The maximum Gasteiger partial charge on any atom is 0.356 e. The molecule has 0 fully saturated rings. The molecule has 13 heteroatoms. The second-order valence-electron chi connectivity index (χ2n) is 8.17. The number of H-pyrrole nitrogens is 1. The minimum atomic E-state index is -0.501. The smallest absolute Gasteiger partial charge is 0.356 e. The van der Waals surface area contributed by atoms with Gasteiger partial charge in [0.15, 0.2) is 5.78 Å². The van der Waals surface area contributed by atoms with E-state index in [1.54, 1.807) is 0 Å². The number of rotatable bonds is 9. The Morgan fingerprint density at radius 2 is 1.32 bits per heavy atom. The molecule has 10 nitrogen and oxygen atoms in total. The van der Waals surface area contributed by atoms with Crippen molar-refractivity contribution in [3.05, 3.63) is 105 Å². The Balaban J connectivity index is 0.000000237. The molecule has 0 bridgehead atoms. The summed E-state index contributed by atoms with van der Waals surface area (Å²) < 4.78 is 12.5. The molecule has 0 spiro atoms. The number of halogens is 3. The fraction of sp³-hybridized carbons (Fsp3) is 0.214. The van der Waals surface area contributed by atoms with Crippen LogP contribution >= 0.6 is 47.8 Å². The number of Topliss-reactive ketones (excluding diaryl/α,β-unsaturated/α-hetero) is 2. The Labute approximate surface area is 262 Å². The summed E-state index contributed by atoms with van der Waals surface area (Å²) in [4.78, 5) is 55.2. The summed E-state index contributed by atoms with van der Waals surface area (Å²) in [6.07, 6.45) is 6.49. The van der Waals surface area contributed by atoms with E-state index in [9.17, 15) is 19.2 Å². The normalized spacial score (nSPS) is 9.88. The number of methoxy groups -OCH3 is 2. The molecule has 0 saturated carbocycles. The van der Waals surface area contributed by atoms with Crippen molar-refractivity contribution in [1.29, 1.82) is 0 Å². The number of carbonyl (C=O) groups is 4. The molecule has 216 valence electrons. The predicted molar refractivity (Wildman–Crippen MR) is 163 cm³/mol. The third-order valence-electron chi connectivity index (χ3n) is 5.14. The van der Waals surface area contributed by atoms with E-state index in [-0.39, 0.29) is 23.8 Å². The lowest BCUT2D eigenvalue weighted by Gasteiger charge is -2.06. The molecule has 0 atom stereocenters. The van der Waals surface area contributed by atoms with Gasteiger partial charge in [-0.1, -0.05) is 72.1 Å². The molecule has 0 unspecified atom stereocenters. The van der Waals surface area contributed by atoms with Crippen LogP contribution in [-0.4, -0.2) is 62.6 Å². The van der Waals surface area contributed by atoms with Gasteiger partial charge in [0.1, 0.15) is 17.2 Å². The first-order valence-electron chi connectivity index (χ1n) is 11.9. The van der Waals surface area contributed by atoms with Crippen molar-refractivity contribution in [3.63, 3.8) is 0 Å². The van der Waals surface area contributed by atoms with Gasteiger partial charge in [-0.25, -0.2) is 19.6 Å². The number of nitrogens with one attached hydrogen (secondary N) is 1. The minimum Gasteiger partial charge on any atom is -0.464 e. The number of hydrogen-bond donors (Lipinski definition) is 1. The van der Waals surface area contributed by atoms with E-state index in [1.165, 1.54) is 43.8 Å². The van der Waals surface area contributed by atoms with E-state index >= 15 is 0 Å². The van der Waals surface area contributed by atoms with Crippen molar-refractivity contribution >= 4 is 71.3 Å². The molecule has 41 heavy (non-hydrogen) atoms. The maximum absolute atomic E-state index is 12.0. The fourth-order valence-corrected chi connectivity index (χ4v) is 3.88. The molecule has 0 aliphatic carbocycles. The van der Waals surface area contributed by atoms with Gasteiger partial charge in [-0.05, 0) is 35.4 Å². The van der Waals surface area contributed by atoms with Crippen molar-refractivity contribution in [3.8, 4) is 0 Å². The summed E-state index contributed by atoms with van der Waals surface area (Å²) in [5.41, 5.74) is 2.63. The predicted octanol–water partition coefficient (Wildman–Crippen LogP) is 5.40. The first-order chi connectivity index (χ1) is 19.7. The van der Waals surface area contributed by atoms with Crippen LogP contribution in [0.15, 0.2) is 82.5 Å². The zero-order valence-corrected chi connectivity index (χ0v) is 26.9. The third-order valence-corrected chi connectivity index (χ3v) is 6.82. The summed E-state index contributed by atoms with van der Waals surface area (Å²) in [7, 11) is 2.62. The number of imidazole rings is 2. The van der Waals surface area contributed by atoms with E-state index in [0.717, 1.165) is 20.1 Å². The van der Waals surface area contributed by atoms with Crippen LogP contribution in [0.25, 0.3) is 0 Å². The molecular weight excluding hydrogens is 728 g/mol. The highest BCUT2D eigenvalue weighted by Crippen LogP contribution is 2.12. The number of nitrogens with zero attached hydrogens (tertiary/aromatic N) is 3. The number of alkyl halides is 1. The van der Waals surface area contributed by atoms with Gasteiger partial charge in [-0.15, -0.1) is 0 Å². The van der Waals surface area contributed by atoms with Gasteiger partial charge >= 0.3 is 11.9 Å². The second-order valence-corrected chi connectivity index (χ2v) is 10.6. The molecule has 0 amide bonds. The summed E-state index contributed by atoms with van der Waals surface area (Å²) in [5.74, 6) is -0.695. The van der Waals surface area contributed by atoms with Gasteiger partial charge in [0, 0.05) is 21.8 Å². The summed E-state index contributed by atoms with van der Waals surface area (Å²) in [6, 6.07) is 15.3. The van der Waals surface area contributed by atoms with Crippen molar-refractivity contribution < 1.29 is 28.7 Å². The van der Waals surface area contributed by atoms with Crippen LogP contribution in [0.4, 0.5) is 0 Å². The van der Waals surface area contributed by atoms with Crippen LogP contribution < -0.4 is 0 Å². The lowest BCUT2D eigenvalue weighted by atomic mass is 10.1. The first-order valence-corrected chi connectivity index (χ1v) is 14.6. The quantitative estimate of drug-likeness (QED) is 0.178. The Morgan fingerprint density at radius 3 is 1.78 bits per heavy atom. The number of esters is 2. The van der Waals surface area contributed by atoms with Gasteiger partial charge < -0.3 is 19.0 Å². The molecule has 0 saturated heterocycles. The molecular formula is C28H27Br3N4O6. The molecule has 2 heterocycles. The number of aromatic nitrogens is 4. The van der Waals surface area contributed by atoms with Crippen LogP contribution in [0.1, 0.15) is 32.1 Å². The number of ketones is 2. The number of aromatic amines is 1. The van der Waals surface area contributed by atoms with Gasteiger partial charge in [0.05, 0.1) is 51.1 Å². The molecule has 1 N–H and O–H groups in total. The second kappa shape index (κ2) is 18.1.